The lowest BCUT2D eigenvalue weighted by Crippen LogP contribution is -2.45. The second-order valence-corrected chi connectivity index (χ2v) is 6.27. The van der Waals surface area contributed by atoms with E-state index in [-0.39, 0.29) is 18.9 Å². The molecular weight excluding hydrogens is 330 g/mol. The Balaban J connectivity index is 2.72. The van der Waals surface area contributed by atoms with Gasteiger partial charge in [-0.25, -0.2) is 14.6 Å². The van der Waals surface area contributed by atoms with Crippen LogP contribution in [-0.4, -0.2) is 52.9 Å². The largest absolute Gasteiger partial charge is 0.467 e. The molecule has 0 saturated heterocycles. The van der Waals surface area contributed by atoms with E-state index in [2.05, 4.69) is 10.3 Å². The van der Waals surface area contributed by atoms with Crippen molar-refractivity contribution in [3.05, 3.63) is 18.2 Å². The number of esters is 2. The maximum atomic E-state index is 11.9. The van der Waals surface area contributed by atoms with E-state index >= 15 is 0 Å². The quantitative estimate of drug-likeness (QED) is 0.575. The molecule has 9 nitrogen and oxygen atoms in total. The van der Waals surface area contributed by atoms with Gasteiger partial charge in [0.2, 0.25) is 0 Å². The number of alkyl carbamates (subject to hydrolysis) is 1. The Hall–Kier alpha value is -2.58. The third-order valence-corrected chi connectivity index (χ3v) is 2.89. The standard InChI is InChI=1S/C16H25N3O6/c1-6-24-13(20)9-19-8-11(17-10-19)7-12(14(21)23-5)18-15(22)25-16(2,3)4/h8,10,12H,6-7,9H2,1-5H3,(H,18,22)/t12-/m0/s1. The number of aromatic nitrogens is 2. The third-order valence-electron chi connectivity index (χ3n) is 2.89. The summed E-state index contributed by atoms with van der Waals surface area (Å²) < 4.78 is 16.2. The van der Waals surface area contributed by atoms with Crippen LogP contribution in [0.4, 0.5) is 4.79 Å². The number of imidazole rings is 1. The van der Waals surface area contributed by atoms with Gasteiger partial charge in [0.25, 0.3) is 0 Å². The Morgan fingerprint density at radius 1 is 1.32 bits per heavy atom. The topological polar surface area (TPSA) is 109 Å². The lowest BCUT2D eigenvalue weighted by atomic mass is 10.1. The predicted molar refractivity (Wildman–Crippen MR) is 87.7 cm³/mol. The molecule has 1 aromatic heterocycles. The number of ether oxygens (including phenoxy) is 3. The number of rotatable bonds is 7. The van der Waals surface area contributed by atoms with Gasteiger partial charge in [-0.3, -0.25) is 4.79 Å². The molecule has 1 amide bonds. The predicted octanol–water partition coefficient (Wildman–Crippen LogP) is 1.06. The smallest absolute Gasteiger partial charge is 0.408 e. The lowest BCUT2D eigenvalue weighted by Gasteiger charge is -2.22. The molecule has 25 heavy (non-hydrogen) atoms. The molecule has 1 rings (SSSR count). The van der Waals surface area contributed by atoms with Crippen LogP contribution in [0.25, 0.3) is 0 Å². The number of nitrogens with one attached hydrogen (secondary N) is 1. The highest BCUT2D eigenvalue weighted by atomic mass is 16.6. The Morgan fingerprint density at radius 2 is 2.00 bits per heavy atom. The second-order valence-electron chi connectivity index (χ2n) is 6.27. The van der Waals surface area contributed by atoms with Gasteiger partial charge in [0.1, 0.15) is 18.2 Å². The van der Waals surface area contributed by atoms with Crippen molar-refractivity contribution in [2.45, 2.75) is 52.3 Å². The number of carbonyl (C=O) groups is 3. The highest BCUT2D eigenvalue weighted by molar-refractivity contribution is 5.81. The van der Waals surface area contributed by atoms with Crippen molar-refractivity contribution in [1.29, 1.82) is 0 Å². The van der Waals surface area contributed by atoms with Gasteiger partial charge >= 0.3 is 18.0 Å². The first-order valence-corrected chi connectivity index (χ1v) is 7.88. The number of nitrogens with zero attached hydrogens (tertiary/aromatic N) is 2. The zero-order chi connectivity index (χ0) is 19.0. The zero-order valence-corrected chi connectivity index (χ0v) is 15.2. The maximum Gasteiger partial charge on any atom is 0.408 e. The number of methoxy groups -OCH3 is 1. The summed E-state index contributed by atoms with van der Waals surface area (Å²) >= 11 is 0. The molecule has 1 atom stereocenters. The summed E-state index contributed by atoms with van der Waals surface area (Å²) in [6, 6.07) is -0.953. The first kappa shape index (κ1) is 20.5. The fraction of sp³-hybridized carbons (Fsp3) is 0.625. The van der Waals surface area contributed by atoms with Gasteiger partial charge in [0.15, 0.2) is 0 Å². The van der Waals surface area contributed by atoms with Crippen molar-refractivity contribution in [2.24, 2.45) is 0 Å². The summed E-state index contributed by atoms with van der Waals surface area (Å²) in [6.07, 6.45) is 2.42. The van der Waals surface area contributed by atoms with E-state index in [9.17, 15) is 14.4 Å². The van der Waals surface area contributed by atoms with E-state index in [4.69, 9.17) is 14.2 Å². The van der Waals surface area contributed by atoms with Crippen molar-refractivity contribution in [3.63, 3.8) is 0 Å². The zero-order valence-electron chi connectivity index (χ0n) is 15.2. The Kier molecular flexibility index (Phi) is 7.41. The minimum absolute atomic E-state index is 0.0171. The first-order chi connectivity index (χ1) is 11.6. The molecule has 1 heterocycles. The van der Waals surface area contributed by atoms with Crippen molar-refractivity contribution >= 4 is 18.0 Å². The van der Waals surface area contributed by atoms with Gasteiger partial charge in [-0.15, -0.1) is 0 Å². The number of carbonyl (C=O) groups excluding carboxylic acids is 3. The summed E-state index contributed by atoms with van der Waals surface area (Å²) in [4.78, 5) is 39.3. The summed E-state index contributed by atoms with van der Waals surface area (Å²) in [5.41, 5.74) is -0.179. The molecule has 140 valence electrons. The first-order valence-electron chi connectivity index (χ1n) is 7.88. The number of amides is 1. The molecule has 0 bridgehead atoms. The van der Waals surface area contributed by atoms with Crippen molar-refractivity contribution in [2.75, 3.05) is 13.7 Å². The van der Waals surface area contributed by atoms with Crippen LogP contribution in [-0.2, 0) is 36.8 Å². The summed E-state index contributed by atoms with van der Waals surface area (Å²) in [6.45, 7) is 7.19. The molecule has 0 aliphatic rings. The Morgan fingerprint density at radius 3 is 2.56 bits per heavy atom. The third kappa shape index (κ3) is 7.69. The molecule has 0 fully saturated rings. The van der Waals surface area contributed by atoms with Gasteiger partial charge < -0.3 is 24.1 Å². The molecule has 0 aromatic carbocycles. The van der Waals surface area contributed by atoms with E-state index in [0.717, 1.165) is 0 Å². The molecule has 0 aliphatic heterocycles. The molecular formula is C16H25N3O6. The van der Waals surface area contributed by atoms with Crippen LogP contribution in [0, 0.1) is 0 Å². The summed E-state index contributed by atoms with van der Waals surface area (Å²) in [7, 11) is 1.23. The molecule has 0 radical (unpaired) electrons. The van der Waals surface area contributed by atoms with E-state index < -0.39 is 23.7 Å². The van der Waals surface area contributed by atoms with Gasteiger partial charge in [0.05, 0.1) is 25.7 Å². The Bertz CT molecular complexity index is 605. The Labute approximate surface area is 146 Å². The molecule has 0 spiro atoms. The van der Waals surface area contributed by atoms with E-state index in [1.54, 1.807) is 33.9 Å². The van der Waals surface area contributed by atoms with Crippen LogP contribution in [0.1, 0.15) is 33.4 Å². The van der Waals surface area contributed by atoms with Crippen LogP contribution >= 0.6 is 0 Å². The molecule has 1 N–H and O–H groups in total. The summed E-state index contributed by atoms with van der Waals surface area (Å²) in [5.74, 6) is -1.01. The molecule has 9 heteroatoms. The van der Waals surface area contributed by atoms with E-state index in [0.29, 0.717) is 12.3 Å². The van der Waals surface area contributed by atoms with Gasteiger partial charge in [-0.05, 0) is 27.7 Å². The molecule has 0 saturated carbocycles. The fourth-order valence-electron chi connectivity index (χ4n) is 1.95. The average molecular weight is 355 g/mol. The van der Waals surface area contributed by atoms with Crippen LogP contribution in [0.5, 0.6) is 0 Å². The van der Waals surface area contributed by atoms with Gasteiger partial charge in [0, 0.05) is 12.6 Å². The van der Waals surface area contributed by atoms with Crippen molar-refractivity contribution < 1.29 is 28.6 Å². The molecule has 0 unspecified atom stereocenters. The van der Waals surface area contributed by atoms with Crippen LogP contribution in [0.3, 0.4) is 0 Å². The van der Waals surface area contributed by atoms with Crippen LogP contribution in [0.15, 0.2) is 12.5 Å². The average Bonchev–Trinajstić information content (AvgIpc) is 2.91. The number of hydrogen-bond donors (Lipinski definition) is 1. The molecule has 0 aliphatic carbocycles. The van der Waals surface area contributed by atoms with Gasteiger partial charge in [-0.1, -0.05) is 0 Å². The van der Waals surface area contributed by atoms with Crippen LogP contribution in [0.2, 0.25) is 0 Å². The monoisotopic (exact) mass is 355 g/mol. The van der Waals surface area contributed by atoms with E-state index in [1.807, 2.05) is 0 Å². The second kappa shape index (κ2) is 9.05. The normalized spacial score (nSPS) is 12.2. The minimum Gasteiger partial charge on any atom is -0.467 e. The lowest BCUT2D eigenvalue weighted by molar-refractivity contribution is -0.144. The summed E-state index contributed by atoms with van der Waals surface area (Å²) in [5, 5.41) is 2.47. The maximum absolute atomic E-state index is 11.9. The number of hydrogen-bond acceptors (Lipinski definition) is 7. The van der Waals surface area contributed by atoms with Crippen LogP contribution < -0.4 is 5.32 Å². The fourth-order valence-corrected chi connectivity index (χ4v) is 1.95. The van der Waals surface area contributed by atoms with E-state index in [1.165, 1.54) is 18.0 Å². The highest BCUT2D eigenvalue weighted by Gasteiger charge is 2.26. The molecule has 1 aromatic rings. The van der Waals surface area contributed by atoms with Crippen molar-refractivity contribution in [1.82, 2.24) is 14.9 Å². The van der Waals surface area contributed by atoms with Gasteiger partial charge in [-0.2, -0.15) is 0 Å². The van der Waals surface area contributed by atoms with Crippen molar-refractivity contribution in [3.8, 4) is 0 Å². The highest BCUT2D eigenvalue weighted by Crippen LogP contribution is 2.08. The SMILES string of the molecule is CCOC(=O)Cn1cnc(C[C@H](NC(=O)OC(C)(C)C)C(=O)OC)c1. The minimum atomic E-state index is -0.953.